The van der Waals surface area contributed by atoms with Gasteiger partial charge in [0.05, 0.1) is 6.54 Å². The Bertz CT molecular complexity index is 445. The van der Waals surface area contributed by atoms with E-state index in [9.17, 15) is 9.18 Å². The molecule has 0 saturated carbocycles. The maximum Gasteiger partial charge on any atom is 0.405 e. The van der Waals surface area contributed by atoms with E-state index in [0.717, 1.165) is 5.56 Å². The van der Waals surface area contributed by atoms with Gasteiger partial charge >= 0.3 is 5.43 Å². The van der Waals surface area contributed by atoms with Crippen molar-refractivity contribution >= 4 is 17.0 Å². The highest BCUT2D eigenvalue weighted by Gasteiger charge is 2.42. The van der Waals surface area contributed by atoms with Gasteiger partial charge in [0.25, 0.3) is 0 Å². The molecule has 1 aromatic rings. The van der Waals surface area contributed by atoms with Gasteiger partial charge in [0.15, 0.2) is 6.23 Å². The summed E-state index contributed by atoms with van der Waals surface area (Å²) in [6.45, 7) is 0.460. The van der Waals surface area contributed by atoms with Crippen LogP contribution in [0, 0.1) is 0 Å². The number of rotatable bonds is 4. The Morgan fingerprint density at radius 3 is 2.68 bits per heavy atom. The Hall–Kier alpha value is -1.17. The summed E-state index contributed by atoms with van der Waals surface area (Å²) in [4.78, 5) is 12.7. The average molecular weight is 288 g/mol. The predicted octanol–water partition coefficient (Wildman–Crippen LogP) is 3.08. The van der Waals surface area contributed by atoms with E-state index < -0.39 is 17.5 Å². The minimum absolute atomic E-state index is 0.0350. The minimum Gasteiger partial charge on any atom is -0.430 e. The topological polar surface area (TPSA) is 38.8 Å². The Morgan fingerprint density at radius 2 is 2.16 bits per heavy atom. The monoisotopic (exact) mass is 287 g/mol. The van der Waals surface area contributed by atoms with Gasteiger partial charge < -0.3 is 9.47 Å². The van der Waals surface area contributed by atoms with E-state index in [1.807, 2.05) is 18.2 Å². The number of ether oxygens (including phenoxy) is 2. The fourth-order valence-corrected chi connectivity index (χ4v) is 2.28. The number of hydrogen-bond donors (Lipinski definition) is 0. The Balaban J connectivity index is 2.18. The smallest absolute Gasteiger partial charge is 0.405 e. The average Bonchev–Trinajstić information content (AvgIpc) is 2.80. The lowest BCUT2D eigenvalue weighted by Crippen LogP contribution is -2.34. The number of nitrogens with zero attached hydrogens (tertiary/aromatic N) is 1. The van der Waals surface area contributed by atoms with Crippen LogP contribution in [0.1, 0.15) is 18.2 Å². The summed E-state index contributed by atoms with van der Waals surface area (Å²) in [7, 11) is 1.33. The molecule has 104 valence electrons. The van der Waals surface area contributed by atoms with Gasteiger partial charge in [0, 0.05) is 37.2 Å². The second-order valence-corrected chi connectivity index (χ2v) is 4.73. The zero-order chi connectivity index (χ0) is 13.9. The molecule has 0 bridgehead atoms. The molecule has 0 radical (unpaired) electrons. The Kier molecular flexibility index (Phi) is 4.39. The zero-order valence-corrected chi connectivity index (χ0v) is 11.3. The van der Waals surface area contributed by atoms with Crippen molar-refractivity contribution in [2.24, 2.45) is 0 Å². The number of likely N-dealkylation sites (tertiary alicyclic amines) is 1. The fraction of sp³-hybridized carbons (Fsp3) is 0.462. The van der Waals surface area contributed by atoms with E-state index in [2.05, 4.69) is 0 Å². The molecule has 0 aromatic heterocycles. The number of hydrogen-bond acceptors (Lipinski definition) is 4. The maximum absolute atomic E-state index is 14.1. The van der Waals surface area contributed by atoms with E-state index in [-0.39, 0.29) is 13.0 Å². The van der Waals surface area contributed by atoms with Crippen LogP contribution in [0.3, 0.4) is 0 Å². The third-order valence-electron chi connectivity index (χ3n) is 3.20. The number of benzene rings is 1. The molecule has 19 heavy (non-hydrogen) atoms. The van der Waals surface area contributed by atoms with Crippen LogP contribution < -0.4 is 0 Å². The molecule has 2 unspecified atom stereocenters. The first-order valence-corrected chi connectivity index (χ1v) is 6.31. The van der Waals surface area contributed by atoms with Crippen molar-refractivity contribution in [1.82, 2.24) is 4.90 Å². The molecule has 4 nitrogen and oxygen atoms in total. The molecular formula is C13H15ClFNO3. The largest absolute Gasteiger partial charge is 0.430 e. The van der Waals surface area contributed by atoms with Crippen LogP contribution in [0.5, 0.6) is 0 Å². The lowest BCUT2D eigenvalue weighted by molar-refractivity contribution is -0.119. The van der Waals surface area contributed by atoms with Gasteiger partial charge in [-0.05, 0) is 0 Å². The molecule has 1 aliphatic heterocycles. The second-order valence-electron chi connectivity index (χ2n) is 4.43. The maximum atomic E-state index is 14.1. The second kappa shape index (κ2) is 5.86. The molecule has 2 rings (SSSR count). The first kappa shape index (κ1) is 14.2. The van der Waals surface area contributed by atoms with Gasteiger partial charge in [-0.3, -0.25) is 4.90 Å². The highest BCUT2D eigenvalue weighted by atomic mass is 35.5. The van der Waals surface area contributed by atoms with Crippen molar-refractivity contribution in [3.63, 3.8) is 0 Å². The SMILES string of the molecule is COC1(F)CCN(C(OC(=O)Cl)c2ccccc2)C1. The van der Waals surface area contributed by atoms with E-state index in [0.29, 0.717) is 6.54 Å². The minimum atomic E-state index is -1.70. The Morgan fingerprint density at radius 1 is 1.47 bits per heavy atom. The van der Waals surface area contributed by atoms with Crippen LogP contribution in [-0.4, -0.2) is 36.4 Å². The van der Waals surface area contributed by atoms with Crippen LogP contribution in [0.25, 0.3) is 0 Å². The summed E-state index contributed by atoms with van der Waals surface area (Å²) in [5.74, 6) is -1.70. The lowest BCUT2D eigenvalue weighted by atomic mass is 10.2. The molecule has 2 atom stereocenters. The first-order valence-electron chi connectivity index (χ1n) is 5.93. The van der Waals surface area contributed by atoms with Crippen LogP contribution in [0.4, 0.5) is 9.18 Å². The van der Waals surface area contributed by atoms with Gasteiger partial charge in [-0.25, -0.2) is 9.18 Å². The molecule has 0 N–H and O–H groups in total. The molecule has 1 heterocycles. The standard InChI is InChI=1S/C13H15ClFNO3/c1-18-13(15)7-8-16(9-13)11(19-12(14)17)10-5-3-2-4-6-10/h2-6,11H,7-9H2,1H3. The molecule has 0 spiro atoms. The number of methoxy groups -OCH3 is 1. The quantitative estimate of drug-likeness (QED) is 0.798. The van der Waals surface area contributed by atoms with Gasteiger partial charge in [0.1, 0.15) is 0 Å². The number of alkyl halides is 1. The van der Waals surface area contributed by atoms with Gasteiger partial charge in [0.2, 0.25) is 5.85 Å². The summed E-state index contributed by atoms with van der Waals surface area (Å²) < 4.78 is 24.0. The molecular weight excluding hydrogens is 273 g/mol. The normalized spacial score (nSPS) is 25.2. The summed E-state index contributed by atoms with van der Waals surface area (Å²) in [5.41, 5.74) is -0.167. The zero-order valence-electron chi connectivity index (χ0n) is 10.5. The molecule has 1 aromatic carbocycles. The van der Waals surface area contributed by atoms with Crippen LogP contribution in [0.2, 0.25) is 0 Å². The summed E-state index contributed by atoms with van der Waals surface area (Å²) >= 11 is 5.29. The third-order valence-corrected chi connectivity index (χ3v) is 3.29. The van der Waals surface area contributed by atoms with E-state index >= 15 is 0 Å². The lowest BCUT2D eigenvalue weighted by Gasteiger charge is -2.27. The van der Waals surface area contributed by atoms with Crippen LogP contribution >= 0.6 is 11.6 Å². The van der Waals surface area contributed by atoms with Gasteiger partial charge in [-0.2, -0.15) is 0 Å². The summed E-state index contributed by atoms with van der Waals surface area (Å²) in [6.07, 6.45) is -0.467. The summed E-state index contributed by atoms with van der Waals surface area (Å²) in [5, 5.41) is 0. The van der Waals surface area contributed by atoms with Crippen molar-refractivity contribution in [2.45, 2.75) is 18.5 Å². The highest BCUT2D eigenvalue weighted by molar-refractivity contribution is 6.61. The molecule has 0 aliphatic carbocycles. The van der Waals surface area contributed by atoms with E-state index in [4.69, 9.17) is 21.1 Å². The number of halogens is 2. The van der Waals surface area contributed by atoms with E-state index in [1.165, 1.54) is 7.11 Å². The van der Waals surface area contributed by atoms with Crippen molar-refractivity contribution in [3.8, 4) is 0 Å². The third kappa shape index (κ3) is 3.43. The molecule has 1 fully saturated rings. The molecule has 1 saturated heterocycles. The van der Waals surface area contributed by atoms with Crippen LogP contribution in [0.15, 0.2) is 30.3 Å². The van der Waals surface area contributed by atoms with Crippen molar-refractivity contribution in [2.75, 3.05) is 20.2 Å². The highest BCUT2D eigenvalue weighted by Crippen LogP contribution is 2.33. The first-order chi connectivity index (χ1) is 9.04. The number of carbonyl (C=O) groups excluding carboxylic acids is 1. The molecule has 1 aliphatic rings. The predicted molar refractivity (Wildman–Crippen MR) is 68.6 cm³/mol. The molecule has 6 heteroatoms. The van der Waals surface area contributed by atoms with Crippen LogP contribution in [-0.2, 0) is 9.47 Å². The number of carbonyl (C=O) groups is 1. The molecule has 0 amide bonds. The Labute approximate surface area is 116 Å². The van der Waals surface area contributed by atoms with Gasteiger partial charge in [-0.15, -0.1) is 0 Å². The fourth-order valence-electron chi connectivity index (χ4n) is 2.20. The van der Waals surface area contributed by atoms with Crippen molar-refractivity contribution in [3.05, 3.63) is 35.9 Å². The summed E-state index contributed by atoms with van der Waals surface area (Å²) in [6, 6.07) is 9.09. The van der Waals surface area contributed by atoms with Crippen molar-refractivity contribution < 1.29 is 18.7 Å². The van der Waals surface area contributed by atoms with E-state index in [1.54, 1.807) is 17.0 Å². The van der Waals surface area contributed by atoms with Gasteiger partial charge in [-0.1, -0.05) is 30.3 Å². The van der Waals surface area contributed by atoms with Crippen molar-refractivity contribution in [1.29, 1.82) is 0 Å².